The molecule has 0 heterocycles. The van der Waals surface area contributed by atoms with Gasteiger partial charge in [-0.15, -0.1) is 0 Å². The topological polar surface area (TPSA) is 60.2 Å². The summed E-state index contributed by atoms with van der Waals surface area (Å²) >= 11 is 0. The summed E-state index contributed by atoms with van der Waals surface area (Å²) in [5.74, 6) is 0.645. The van der Waals surface area contributed by atoms with Crippen LogP contribution in [0.4, 0.5) is 0 Å². The van der Waals surface area contributed by atoms with Gasteiger partial charge in [-0.25, -0.2) is 0 Å². The Balaban J connectivity index is 1.87. The van der Waals surface area contributed by atoms with Crippen LogP contribution in [-0.4, -0.2) is 17.6 Å². The van der Waals surface area contributed by atoms with E-state index < -0.39 is 0 Å². The Hall–Kier alpha value is -1.48. The second-order valence-corrected chi connectivity index (χ2v) is 5.51. The lowest BCUT2D eigenvalue weighted by Crippen LogP contribution is -2.33. The predicted octanol–water partition coefficient (Wildman–Crippen LogP) is 2.06. The van der Waals surface area contributed by atoms with E-state index in [4.69, 9.17) is 5.73 Å². The largest absolute Gasteiger partial charge is 0.321 e. The van der Waals surface area contributed by atoms with Crippen LogP contribution in [0.1, 0.15) is 37.3 Å². The van der Waals surface area contributed by atoms with Crippen LogP contribution in [0.2, 0.25) is 0 Å². The van der Waals surface area contributed by atoms with Crippen molar-refractivity contribution >= 4 is 11.6 Å². The first kappa shape index (κ1) is 13.9. The van der Waals surface area contributed by atoms with Gasteiger partial charge in [-0.1, -0.05) is 24.3 Å². The molecule has 0 aromatic heterocycles. The fourth-order valence-electron chi connectivity index (χ4n) is 2.19. The summed E-state index contributed by atoms with van der Waals surface area (Å²) in [5, 5.41) is 0. The number of nitrogens with two attached hydrogens (primary N) is 1. The van der Waals surface area contributed by atoms with Gasteiger partial charge in [0.15, 0.2) is 5.78 Å². The lowest BCUT2D eigenvalue weighted by Gasteiger charge is -2.10. The first-order valence-corrected chi connectivity index (χ1v) is 6.93. The van der Waals surface area contributed by atoms with Crippen LogP contribution < -0.4 is 5.73 Å². The Labute approximate surface area is 114 Å². The first-order chi connectivity index (χ1) is 9.06. The molecule has 0 radical (unpaired) electrons. The molecule has 1 aliphatic rings. The monoisotopic (exact) mass is 259 g/mol. The van der Waals surface area contributed by atoms with Gasteiger partial charge in [0.25, 0.3) is 0 Å². The molecule has 3 nitrogen and oxygen atoms in total. The third kappa shape index (κ3) is 4.28. The number of benzene rings is 1. The molecule has 2 rings (SSSR count). The fourth-order valence-corrected chi connectivity index (χ4v) is 2.19. The highest BCUT2D eigenvalue weighted by Gasteiger charge is 2.32. The minimum Gasteiger partial charge on any atom is -0.321 e. The molecule has 1 unspecified atom stereocenters. The molecule has 0 aliphatic heterocycles. The van der Waals surface area contributed by atoms with Gasteiger partial charge >= 0.3 is 0 Å². The standard InChI is InChI=1S/C16H21NO2/c1-11(18)2-3-12-4-6-13(7-5-12)10-15(17)16(19)14-8-9-14/h4-7,14-15H,2-3,8-10,17H2,1H3. The Kier molecular flexibility index (Phi) is 4.48. The van der Waals surface area contributed by atoms with Crippen LogP contribution in [0.5, 0.6) is 0 Å². The smallest absolute Gasteiger partial charge is 0.152 e. The predicted molar refractivity (Wildman–Crippen MR) is 74.9 cm³/mol. The molecular weight excluding hydrogens is 238 g/mol. The van der Waals surface area contributed by atoms with Crippen molar-refractivity contribution in [2.45, 2.75) is 45.1 Å². The van der Waals surface area contributed by atoms with Gasteiger partial charge in [-0.05, 0) is 43.7 Å². The van der Waals surface area contributed by atoms with E-state index in [1.54, 1.807) is 6.92 Å². The third-order valence-electron chi connectivity index (χ3n) is 3.59. The summed E-state index contributed by atoms with van der Waals surface area (Å²) in [5.41, 5.74) is 8.18. The van der Waals surface area contributed by atoms with Crippen LogP contribution in [0.3, 0.4) is 0 Å². The molecule has 102 valence electrons. The zero-order chi connectivity index (χ0) is 13.8. The Morgan fingerprint density at radius 3 is 2.32 bits per heavy atom. The van der Waals surface area contributed by atoms with E-state index in [9.17, 15) is 9.59 Å². The van der Waals surface area contributed by atoms with Crippen LogP contribution in [0.15, 0.2) is 24.3 Å². The average molecular weight is 259 g/mol. The van der Waals surface area contributed by atoms with Gasteiger partial charge in [0.1, 0.15) is 5.78 Å². The molecule has 0 saturated heterocycles. The Morgan fingerprint density at radius 1 is 1.21 bits per heavy atom. The average Bonchev–Trinajstić information content (AvgIpc) is 3.21. The van der Waals surface area contributed by atoms with Crippen molar-refractivity contribution in [2.75, 3.05) is 0 Å². The number of carbonyl (C=O) groups is 2. The van der Waals surface area contributed by atoms with Crippen LogP contribution in [0, 0.1) is 5.92 Å². The number of Topliss-reactive ketones (excluding diaryl/α,β-unsaturated/α-hetero) is 2. The Bertz CT molecular complexity index is 460. The summed E-state index contributed by atoms with van der Waals surface area (Å²) < 4.78 is 0. The zero-order valence-corrected chi connectivity index (χ0v) is 11.4. The van der Waals surface area contributed by atoms with Crippen LogP contribution >= 0.6 is 0 Å². The van der Waals surface area contributed by atoms with Crippen molar-refractivity contribution in [3.8, 4) is 0 Å². The minimum absolute atomic E-state index is 0.209. The maximum atomic E-state index is 11.8. The molecule has 0 amide bonds. The second-order valence-electron chi connectivity index (χ2n) is 5.51. The number of aryl methyl sites for hydroxylation is 1. The number of carbonyl (C=O) groups excluding carboxylic acids is 2. The molecule has 2 N–H and O–H groups in total. The molecule has 1 fully saturated rings. The summed E-state index contributed by atoms with van der Waals surface area (Å²) in [6, 6.07) is 7.69. The normalized spacial score (nSPS) is 16.1. The highest BCUT2D eigenvalue weighted by molar-refractivity contribution is 5.88. The number of rotatable bonds is 7. The van der Waals surface area contributed by atoms with E-state index in [1.165, 1.54) is 0 Å². The molecule has 19 heavy (non-hydrogen) atoms. The maximum Gasteiger partial charge on any atom is 0.152 e. The summed E-state index contributed by atoms with van der Waals surface area (Å²) in [6.45, 7) is 1.61. The van der Waals surface area contributed by atoms with E-state index in [0.717, 1.165) is 30.4 Å². The summed E-state index contributed by atoms with van der Waals surface area (Å²) in [6.07, 6.45) is 4.00. The molecule has 1 aromatic rings. The van der Waals surface area contributed by atoms with Crippen molar-refractivity contribution in [2.24, 2.45) is 11.7 Å². The fraction of sp³-hybridized carbons (Fsp3) is 0.500. The third-order valence-corrected chi connectivity index (χ3v) is 3.59. The van der Waals surface area contributed by atoms with Crippen molar-refractivity contribution in [3.63, 3.8) is 0 Å². The van der Waals surface area contributed by atoms with Crippen molar-refractivity contribution in [1.29, 1.82) is 0 Å². The van der Waals surface area contributed by atoms with E-state index in [-0.39, 0.29) is 23.5 Å². The van der Waals surface area contributed by atoms with E-state index in [1.807, 2.05) is 24.3 Å². The first-order valence-electron chi connectivity index (χ1n) is 6.93. The highest BCUT2D eigenvalue weighted by Crippen LogP contribution is 2.31. The molecule has 1 aromatic carbocycles. The molecule has 1 saturated carbocycles. The lowest BCUT2D eigenvalue weighted by atomic mass is 9.99. The molecule has 0 bridgehead atoms. The van der Waals surface area contributed by atoms with E-state index in [0.29, 0.717) is 12.8 Å². The van der Waals surface area contributed by atoms with E-state index in [2.05, 4.69) is 0 Å². The van der Waals surface area contributed by atoms with Crippen molar-refractivity contribution < 1.29 is 9.59 Å². The van der Waals surface area contributed by atoms with Crippen molar-refractivity contribution in [1.82, 2.24) is 0 Å². The number of hydrogen-bond donors (Lipinski definition) is 1. The minimum atomic E-state index is -0.365. The summed E-state index contributed by atoms with van der Waals surface area (Å²) in [7, 11) is 0. The zero-order valence-electron chi connectivity index (χ0n) is 11.4. The van der Waals surface area contributed by atoms with Gasteiger partial charge in [0.2, 0.25) is 0 Å². The molecule has 0 spiro atoms. The van der Waals surface area contributed by atoms with Crippen LogP contribution in [-0.2, 0) is 22.4 Å². The Morgan fingerprint density at radius 2 is 1.79 bits per heavy atom. The molecule has 1 aliphatic carbocycles. The van der Waals surface area contributed by atoms with Gasteiger partial charge in [-0.2, -0.15) is 0 Å². The highest BCUT2D eigenvalue weighted by atomic mass is 16.1. The number of ketones is 2. The van der Waals surface area contributed by atoms with Gasteiger partial charge in [-0.3, -0.25) is 4.79 Å². The SMILES string of the molecule is CC(=O)CCc1ccc(CC(N)C(=O)C2CC2)cc1. The second kappa shape index (κ2) is 6.11. The quantitative estimate of drug-likeness (QED) is 0.815. The molecule has 1 atom stereocenters. The van der Waals surface area contributed by atoms with Gasteiger partial charge in [0, 0.05) is 12.3 Å². The summed E-state index contributed by atoms with van der Waals surface area (Å²) in [4.78, 5) is 22.7. The molecular formula is C16H21NO2. The maximum absolute atomic E-state index is 11.8. The van der Waals surface area contributed by atoms with Crippen molar-refractivity contribution in [3.05, 3.63) is 35.4 Å². The number of hydrogen-bond acceptors (Lipinski definition) is 3. The molecule has 3 heteroatoms. The lowest BCUT2D eigenvalue weighted by molar-refractivity contribution is -0.121. The van der Waals surface area contributed by atoms with E-state index >= 15 is 0 Å². The van der Waals surface area contributed by atoms with Gasteiger partial charge in [0.05, 0.1) is 6.04 Å². The van der Waals surface area contributed by atoms with Crippen LogP contribution in [0.25, 0.3) is 0 Å². The van der Waals surface area contributed by atoms with Gasteiger partial charge < -0.3 is 10.5 Å².